The maximum absolute atomic E-state index is 14.2. The van der Waals surface area contributed by atoms with E-state index >= 15 is 0 Å². The highest BCUT2D eigenvalue weighted by Crippen LogP contribution is 2.13. The van der Waals surface area contributed by atoms with E-state index in [1.165, 1.54) is 0 Å². The van der Waals surface area contributed by atoms with Crippen LogP contribution in [-0.4, -0.2) is 197 Å². The molecule has 34 heteroatoms. The molecule has 83 heavy (non-hydrogen) atoms. The van der Waals surface area contributed by atoms with Gasteiger partial charge < -0.3 is 108 Å². The predicted octanol–water partition coefficient (Wildman–Crippen LogP) is -7.21. The summed E-state index contributed by atoms with van der Waals surface area (Å²) >= 11 is 0. The van der Waals surface area contributed by atoms with Crippen LogP contribution in [0.2, 0.25) is 0 Å². The minimum absolute atomic E-state index is 0.00367. The standard InChI is InChI=1S/C49H90N18O16/c1-6-25(4)37(45(80)63-29(13-7-9-17-50)41(76)61-30(14-8-10-18-51)43(78)67-38(26(5)68)46(81)64-32(47(82)83)22-35(72)73)65-33(69)23-59-40(75)28(15-11-19-57-48(53)54)60-42(77)31(16-12-20-58-49(55)56)62-44(79)36(24(2)3)66-39(74)27(52)21-34(70)71/h24-32,36-38,68H,6-23,50-52H2,1-5H3,(H,59,75)(H,60,77)(H,61,76)(H,62,79)(H,63,80)(H,64,81)(H,65,69)(H,66,74)(H,67,78)(H,70,71)(H,72,73)(H,82,83)(H4,53,54,57)(H4,55,56,58)/t25-,26+,27-,28-,29-,30-,31-,32-,36-,37-,38-/m0/s1. The highest BCUT2D eigenvalue weighted by molar-refractivity contribution is 5.98. The number of unbranched alkanes of at least 4 members (excludes halogenated alkanes) is 2. The maximum atomic E-state index is 14.2. The second-order valence-corrected chi connectivity index (χ2v) is 20.0. The van der Waals surface area contributed by atoms with Gasteiger partial charge in [-0.1, -0.05) is 34.1 Å². The topological polar surface area (TPSA) is 601 Å². The van der Waals surface area contributed by atoms with Crippen molar-refractivity contribution in [1.29, 1.82) is 0 Å². The number of hydrogen-bond acceptors (Lipinski definition) is 18. The average molecular weight is 1190 g/mol. The molecule has 0 radical (unpaired) electrons. The summed E-state index contributed by atoms with van der Waals surface area (Å²) in [7, 11) is 0. The van der Waals surface area contributed by atoms with Crippen molar-refractivity contribution in [2.75, 3.05) is 32.7 Å². The van der Waals surface area contributed by atoms with Crippen LogP contribution in [0.5, 0.6) is 0 Å². The first-order valence-corrected chi connectivity index (χ1v) is 27.2. The van der Waals surface area contributed by atoms with Crippen molar-refractivity contribution in [3.63, 3.8) is 0 Å². The molecule has 472 valence electrons. The number of rotatable bonds is 43. The molecule has 0 aromatic heterocycles. The SMILES string of the molecule is CC[C@H](C)[C@H](NC(=O)CNC(=O)[C@H](CCCN=C(N)N)NC(=O)[C@H](CCCN=C(N)N)NC(=O)[C@@H](NC(=O)[C@@H](N)CC(=O)O)C(C)C)C(=O)N[C@@H](CCCCN)C(=O)N[C@@H](CCCCN)C(=O)N[C@H](C(=O)N[C@@H](CC(=O)O)C(=O)O)[C@@H](C)O. The van der Waals surface area contributed by atoms with Crippen molar-refractivity contribution < 1.29 is 78.0 Å². The fraction of sp³-hybridized carbons (Fsp3) is 0.714. The maximum Gasteiger partial charge on any atom is 0.326 e. The van der Waals surface area contributed by atoms with Crippen molar-refractivity contribution in [3.05, 3.63) is 0 Å². The van der Waals surface area contributed by atoms with Gasteiger partial charge in [-0.15, -0.1) is 0 Å². The number of aliphatic hydroxyl groups excluding tert-OH is 1. The third-order valence-corrected chi connectivity index (χ3v) is 12.6. The summed E-state index contributed by atoms with van der Waals surface area (Å²) in [5.74, 6) is -14.8. The molecule has 0 heterocycles. The molecule has 0 saturated carbocycles. The molecule has 0 aliphatic rings. The van der Waals surface area contributed by atoms with E-state index in [4.69, 9.17) is 50.3 Å². The van der Waals surface area contributed by atoms with Crippen LogP contribution in [0.4, 0.5) is 0 Å². The predicted molar refractivity (Wildman–Crippen MR) is 300 cm³/mol. The Morgan fingerprint density at radius 3 is 1.24 bits per heavy atom. The molecule has 0 unspecified atom stereocenters. The Kier molecular flexibility index (Phi) is 36.4. The molecule has 34 nitrogen and oxygen atoms in total. The van der Waals surface area contributed by atoms with E-state index in [1.54, 1.807) is 27.7 Å². The smallest absolute Gasteiger partial charge is 0.326 e. The molecule has 9 amide bonds. The Hall–Kier alpha value is -7.98. The first-order chi connectivity index (χ1) is 38.9. The first-order valence-electron chi connectivity index (χ1n) is 27.2. The number of carboxylic acids is 3. The van der Waals surface area contributed by atoms with Crippen molar-refractivity contribution in [1.82, 2.24) is 47.9 Å². The highest BCUT2D eigenvalue weighted by Gasteiger charge is 2.37. The Bertz CT molecular complexity index is 2230. The van der Waals surface area contributed by atoms with Gasteiger partial charge in [0.05, 0.1) is 31.5 Å². The zero-order valence-corrected chi connectivity index (χ0v) is 47.8. The van der Waals surface area contributed by atoms with E-state index in [9.17, 15) is 67.7 Å². The van der Waals surface area contributed by atoms with Gasteiger partial charge in [0.25, 0.3) is 0 Å². The van der Waals surface area contributed by atoms with Gasteiger partial charge in [0.2, 0.25) is 53.2 Å². The first kappa shape index (κ1) is 75.0. The molecule has 0 aromatic rings. The van der Waals surface area contributed by atoms with Crippen LogP contribution in [-0.2, 0) is 57.5 Å². The second kappa shape index (κ2) is 40.3. The molecule has 0 aromatic carbocycles. The molecule has 0 fully saturated rings. The molecule has 0 aliphatic heterocycles. The zero-order chi connectivity index (χ0) is 63.5. The van der Waals surface area contributed by atoms with Gasteiger partial charge in [-0.3, -0.25) is 62.7 Å². The fourth-order valence-corrected chi connectivity index (χ4v) is 7.72. The number of aliphatic carboxylic acids is 3. The molecule has 0 saturated heterocycles. The summed E-state index contributed by atoms with van der Waals surface area (Å²) in [6, 6.07) is -13.5. The molecule has 11 atom stereocenters. The molecule has 0 spiro atoms. The van der Waals surface area contributed by atoms with Crippen LogP contribution in [0, 0.1) is 11.8 Å². The van der Waals surface area contributed by atoms with Crippen LogP contribution in [0.3, 0.4) is 0 Å². The van der Waals surface area contributed by atoms with Gasteiger partial charge in [0.1, 0.15) is 48.3 Å². The van der Waals surface area contributed by atoms with E-state index in [2.05, 4.69) is 52.5 Å². The number of aliphatic imine (C=N–C) groups is 2. The van der Waals surface area contributed by atoms with E-state index in [0.717, 1.165) is 6.92 Å². The fourth-order valence-electron chi connectivity index (χ4n) is 7.72. The lowest BCUT2D eigenvalue weighted by Crippen LogP contribution is -2.61. The summed E-state index contributed by atoms with van der Waals surface area (Å²) in [6.45, 7) is 7.22. The number of nitrogens with two attached hydrogens (primary N) is 7. The number of hydrogen-bond donors (Lipinski definition) is 20. The van der Waals surface area contributed by atoms with E-state index in [-0.39, 0.29) is 89.5 Å². The molecule has 0 bridgehead atoms. The number of amides is 9. The Balaban J connectivity index is 6.72. The number of carboxylic acid groups (broad SMARTS) is 3. The minimum Gasteiger partial charge on any atom is -0.481 e. The van der Waals surface area contributed by atoms with Crippen molar-refractivity contribution >= 4 is 83.0 Å². The highest BCUT2D eigenvalue weighted by atomic mass is 16.4. The van der Waals surface area contributed by atoms with Crippen LogP contribution < -0.4 is 88.0 Å². The number of nitrogens with one attached hydrogen (secondary N) is 9. The summed E-state index contributed by atoms with van der Waals surface area (Å²) in [5.41, 5.74) is 38.9. The lowest BCUT2D eigenvalue weighted by atomic mass is 9.97. The lowest BCUT2D eigenvalue weighted by Gasteiger charge is -2.29. The van der Waals surface area contributed by atoms with Gasteiger partial charge >= 0.3 is 17.9 Å². The molecule has 0 rings (SSSR count). The van der Waals surface area contributed by atoms with Crippen molar-refractivity contribution in [2.24, 2.45) is 62.0 Å². The molecular formula is C49H90N18O16. The molecular weight excluding hydrogens is 1100 g/mol. The second-order valence-electron chi connectivity index (χ2n) is 20.0. The van der Waals surface area contributed by atoms with Gasteiger partial charge in [0, 0.05) is 13.1 Å². The summed E-state index contributed by atoms with van der Waals surface area (Å²) in [4.78, 5) is 165. The Labute approximate surface area is 480 Å². The van der Waals surface area contributed by atoms with Crippen molar-refractivity contribution in [3.8, 4) is 0 Å². The van der Waals surface area contributed by atoms with Crippen LogP contribution in [0.1, 0.15) is 118 Å². The monoisotopic (exact) mass is 1190 g/mol. The lowest BCUT2D eigenvalue weighted by molar-refractivity contribution is -0.148. The van der Waals surface area contributed by atoms with Gasteiger partial charge in [-0.2, -0.15) is 0 Å². The third kappa shape index (κ3) is 31.1. The number of aliphatic hydroxyl groups is 1. The normalized spacial score (nSPS) is 15.0. The van der Waals surface area contributed by atoms with Crippen molar-refractivity contribution in [2.45, 2.75) is 179 Å². The largest absolute Gasteiger partial charge is 0.481 e. The van der Waals surface area contributed by atoms with Gasteiger partial charge in [-0.05, 0) is 96.1 Å². The van der Waals surface area contributed by atoms with Crippen LogP contribution in [0.25, 0.3) is 0 Å². The third-order valence-electron chi connectivity index (χ3n) is 12.6. The molecule has 0 aliphatic carbocycles. The Morgan fingerprint density at radius 1 is 0.458 bits per heavy atom. The van der Waals surface area contributed by atoms with Gasteiger partial charge in [-0.25, -0.2) is 4.79 Å². The number of guanidine groups is 2. The number of carbonyl (C=O) groups is 12. The number of carbonyl (C=O) groups excluding carboxylic acids is 9. The Morgan fingerprint density at radius 2 is 0.843 bits per heavy atom. The van der Waals surface area contributed by atoms with E-state index < -0.39 is 163 Å². The average Bonchev–Trinajstić information content (AvgIpc) is 3.45. The summed E-state index contributed by atoms with van der Waals surface area (Å²) in [6.07, 6.45) is -1.94. The van der Waals surface area contributed by atoms with Gasteiger partial charge in [0.15, 0.2) is 11.9 Å². The summed E-state index contributed by atoms with van der Waals surface area (Å²) in [5, 5.41) is 60.1. The number of nitrogens with zero attached hydrogens (tertiary/aromatic N) is 2. The minimum atomic E-state index is -1.93. The molecule has 27 N–H and O–H groups in total. The summed E-state index contributed by atoms with van der Waals surface area (Å²) < 4.78 is 0. The van der Waals surface area contributed by atoms with E-state index in [1.807, 2.05) is 5.32 Å². The zero-order valence-electron chi connectivity index (χ0n) is 47.8. The quantitative estimate of drug-likeness (QED) is 0.0153. The van der Waals surface area contributed by atoms with E-state index in [0.29, 0.717) is 19.3 Å². The van der Waals surface area contributed by atoms with Crippen LogP contribution in [0.15, 0.2) is 9.98 Å². The van der Waals surface area contributed by atoms with Crippen LogP contribution >= 0.6 is 0 Å².